The molecule has 0 unspecified atom stereocenters. The Bertz CT molecular complexity index is 838. The maximum atomic E-state index is 4.38. The molecule has 1 aromatic carbocycles. The minimum atomic E-state index is 0.769. The van der Waals surface area contributed by atoms with Gasteiger partial charge in [0.2, 0.25) is 0 Å². The number of anilines is 3. The second kappa shape index (κ2) is 8.07. The van der Waals surface area contributed by atoms with Crippen LogP contribution in [0.5, 0.6) is 0 Å². The molecule has 3 aromatic rings. The van der Waals surface area contributed by atoms with Crippen molar-refractivity contribution in [3.63, 3.8) is 0 Å². The Labute approximate surface area is 156 Å². The highest BCUT2D eigenvalue weighted by Gasteiger charge is 2.07. The molecule has 2 aromatic heterocycles. The molecule has 0 bridgehead atoms. The molecule has 128 valence electrons. The monoisotopic (exact) mass is 397 g/mol. The van der Waals surface area contributed by atoms with E-state index in [4.69, 9.17) is 0 Å². The lowest BCUT2D eigenvalue weighted by Gasteiger charge is -2.18. The van der Waals surface area contributed by atoms with Crippen molar-refractivity contribution in [2.24, 2.45) is 0 Å². The number of benzene rings is 1. The summed E-state index contributed by atoms with van der Waals surface area (Å²) in [7, 11) is 2.04. The Morgan fingerprint density at radius 2 is 1.88 bits per heavy atom. The molecule has 0 radical (unpaired) electrons. The Hall–Kier alpha value is -2.47. The van der Waals surface area contributed by atoms with Gasteiger partial charge in [-0.1, -0.05) is 6.07 Å². The van der Waals surface area contributed by atoms with E-state index in [1.807, 2.05) is 43.7 Å². The molecule has 0 spiro atoms. The fraction of sp³-hybridized carbons (Fsp3) is 0.211. The van der Waals surface area contributed by atoms with Gasteiger partial charge >= 0.3 is 0 Å². The van der Waals surface area contributed by atoms with Gasteiger partial charge in [0.1, 0.15) is 18.0 Å². The molecule has 0 aliphatic rings. The molecule has 0 saturated heterocycles. The number of nitrogens with one attached hydrogen (secondary N) is 1. The summed E-state index contributed by atoms with van der Waals surface area (Å²) in [4.78, 5) is 14.9. The molecular weight excluding hydrogens is 378 g/mol. The van der Waals surface area contributed by atoms with E-state index in [1.54, 1.807) is 6.33 Å². The van der Waals surface area contributed by atoms with Crippen molar-refractivity contribution < 1.29 is 0 Å². The molecule has 1 N–H and O–H groups in total. The fourth-order valence-electron chi connectivity index (χ4n) is 2.44. The Morgan fingerprint density at radius 3 is 2.64 bits per heavy atom. The molecule has 3 rings (SSSR count). The summed E-state index contributed by atoms with van der Waals surface area (Å²) in [6, 6.07) is 12.2. The Balaban J connectivity index is 1.68. The first-order chi connectivity index (χ1) is 12.1. The Morgan fingerprint density at radius 1 is 1.08 bits per heavy atom. The first kappa shape index (κ1) is 17.4. The zero-order chi connectivity index (χ0) is 17.6. The summed E-state index contributed by atoms with van der Waals surface area (Å²) in [5.41, 5.74) is 3.45. The highest BCUT2D eigenvalue weighted by atomic mass is 79.9. The molecule has 0 fully saturated rings. The molecule has 25 heavy (non-hydrogen) atoms. The van der Waals surface area contributed by atoms with Gasteiger partial charge in [-0.25, -0.2) is 9.97 Å². The number of halogens is 1. The number of rotatable bonds is 6. The summed E-state index contributed by atoms with van der Waals surface area (Å²) in [5.74, 6) is 1.65. The van der Waals surface area contributed by atoms with Gasteiger partial charge in [-0.05, 0) is 64.7 Å². The van der Waals surface area contributed by atoms with Crippen LogP contribution in [0.2, 0.25) is 0 Å². The van der Waals surface area contributed by atoms with Gasteiger partial charge in [0, 0.05) is 36.5 Å². The quantitative estimate of drug-likeness (QED) is 0.669. The first-order valence-corrected chi connectivity index (χ1v) is 8.86. The van der Waals surface area contributed by atoms with Crippen LogP contribution in [0.25, 0.3) is 0 Å². The Kier molecular flexibility index (Phi) is 5.60. The normalized spacial score (nSPS) is 10.5. The van der Waals surface area contributed by atoms with Gasteiger partial charge in [0.05, 0.1) is 5.69 Å². The molecule has 2 heterocycles. The van der Waals surface area contributed by atoms with Gasteiger partial charge in [-0.2, -0.15) is 0 Å². The first-order valence-electron chi connectivity index (χ1n) is 8.07. The van der Waals surface area contributed by atoms with Gasteiger partial charge in [-0.3, -0.25) is 4.98 Å². The highest BCUT2D eigenvalue weighted by Crippen LogP contribution is 2.26. The lowest BCUT2D eigenvalue weighted by Crippen LogP contribution is -2.21. The standard InChI is InChI=1S/C19H20BrN5/c1-14-3-4-17(16(20)11-14)24-18-12-19(23-13-22-18)25(2)10-7-15-5-8-21-9-6-15/h3-6,8-9,11-13H,7,10H2,1-2H3,(H,22,23,24). The predicted octanol–water partition coefficient (Wildman–Crippen LogP) is 4.37. The smallest absolute Gasteiger partial charge is 0.135 e. The van der Waals surface area contributed by atoms with Crippen LogP contribution in [0, 0.1) is 6.92 Å². The molecule has 0 aliphatic carbocycles. The topological polar surface area (TPSA) is 53.9 Å². The average Bonchev–Trinajstić information content (AvgIpc) is 2.63. The average molecular weight is 398 g/mol. The van der Waals surface area contributed by atoms with Crippen molar-refractivity contribution in [3.05, 3.63) is 70.7 Å². The fourth-order valence-corrected chi connectivity index (χ4v) is 3.04. The molecule has 6 heteroatoms. The van der Waals surface area contributed by atoms with Crippen LogP contribution in [0.15, 0.2) is 59.6 Å². The summed E-state index contributed by atoms with van der Waals surface area (Å²) >= 11 is 3.58. The lowest BCUT2D eigenvalue weighted by molar-refractivity contribution is 0.855. The zero-order valence-electron chi connectivity index (χ0n) is 14.3. The third kappa shape index (κ3) is 4.76. The van der Waals surface area contributed by atoms with E-state index in [0.29, 0.717) is 0 Å². The van der Waals surface area contributed by atoms with Crippen LogP contribution < -0.4 is 10.2 Å². The number of aryl methyl sites for hydroxylation is 1. The van der Waals surface area contributed by atoms with Crippen molar-refractivity contribution in [1.29, 1.82) is 0 Å². The molecule has 5 nitrogen and oxygen atoms in total. The second-order valence-electron chi connectivity index (χ2n) is 5.90. The van der Waals surface area contributed by atoms with Crippen LogP contribution in [0.1, 0.15) is 11.1 Å². The van der Waals surface area contributed by atoms with E-state index in [9.17, 15) is 0 Å². The minimum absolute atomic E-state index is 0.769. The van der Waals surface area contributed by atoms with Crippen LogP contribution in [0.4, 0.5) is 17.3 Å². The predicted molar refractivity (Wildman–Crippen MR) is 105 cm³/mol. The van der Waals surface area contributed by atoms with E-state index in [2.05, 4.69) is 60.2 Å². The number of pyridine rings is 1. The van der Waals surface area contributed by atoms with Crippen molar-refractivity contribution >= 4 is 33.3 Å². The van der Waals surface area contributed by atoms with E-state index in [0.717, 1.165) is 34.8 Å². The van der Waals surface area contributed by atoms with Crippen molar-refractivity contribution in [2.75, 3.05) is 23.8 Å². The summed E-state index contributed by atoms with van der Waals surface area (Å²) < 4.78 is 1.01. The van der Waals surface area contributed by atoms with Gasteiger partial charge in [-0.15, -0.1) is 0 Å². The lowest BCUT2D eigenvalue weighted by atomic mass is 10.2. The van der Waals surface area contributed by atoms with E-state index < -0.39 is 0 Å². The third-order valence-electron chi connectivity index (χ3n) is 3.92. The van der Waals surface area contributed by atoms with Crippen LogP contribution >= 0.6 is 15.9 Å². The SMILES string of the molecule is Cc1ccc(Nc2cc(N(C)CCc3ccncc3)ncn2)c(Br)c1. The van der Waals surface area contributed by atoms with Gasteiger partial charge in [0.15, 0.2) is 0 Å². The minimum Gasteiger partial charge on any atom is -0.359 e. The van der Waals surface area contributed by atoms with Crippen molar-refractivity contribution in [3.8, 4) is 0 Å². The molecule has 0 atom stereocenters. The van der Waals surface area contributed by atoms with Crippen LogP contribution in [-0.4, -0.2) is 28.5 Å². The number of nitrogens with zero attached hydrogens (tertiary/aromatic N) is 4. The van der Waals surface area contributed by atoms with Crippen LogP contribution in [0.3, 0.4) is 0 Å². The summed E-state index contributed by atoms with van der Waals surface area (Å²) in [6.45, 7) is 2.93. The van der Waals surface area contributed by atoms with Gasteiger partial charge < -0.3 is 10.2 Å². The van der Waals surface area contributed by atoms with Crippen molar-refractivity contribution in [2.45, 2.75) is 13.3 Å². The number of hydrogen-bond donors (Lipinski definition) is 1. The molecule has 0 saturated carbocycles. The van der Waals surface area contributed by atoms with E-state index in [1.165, 1.54) is 11.1 Å². The van der Waals surface area contributed by atoms with Crippen molar-refractivity contribution in [1.82, 2.24) is 15.0 Å². The van der Waals surface area contributed by atoms with Gasteiger partial charge in [0.25, 0.3) is 0 Å². The van der Waals surface area contributed by atoms with Crippen LogP contribution in [-0.2, 0) is 6.42 Å². The maximum Gasteiger partial charge on any atom is 0.135 e. The van der Waals surface area contributed by atoms with E-state index >= 15 is 0 Å². The number of aromatic nitrogens is 3. The molecule has 0 amide bonds. The zero-order valence-corrected chi connectivity index (χ0v) is 15.9. The number of hydrogen-bond acceptors (Lipinski definition) is 5. The third-order valence-corrected chi connectivity index (χ3v) is 4.57. The molecule has 0 aliphatic heterocycles. The second-order valence-corrected chi connectivity index (χ2v) is 6.75. The highest BCUT2D eigenvalue weighted by molar-refractivity contribution is 9.10. The number of likely N-dealkylation sites (N-methyl/N-ethyl adjacent to an activating group) is 1. The van der Waals surface area contributed by atoms with E-state index in [-0.39, 0.29) is 0 Å². The summed E-state index contributed by atoms with van der Waals surface area (Å²) in [5, 5.41) is 3.34. The summed E-state index contributed by atoms with van der Waals surface area (Å²) in [6.07, 6.45) is 6.17. The molecular formula is C19H20BrN5. The maximum absolute atomic E-state index is 4.38. The largest absolute Gasteiger partial charge is 0.359 e.